The van der Waals surface area contributed by atoms with E-state index in [9.17, 15) is 0 Å². The summed E-state index contributed by atoms with van der Waals surface area (Å²) >= 11 is 0. The van der Waals surface area contributed by atoms with Crippen LogP contribution in [0.15, 0.2) is 48.9 Å². The molecule has 1 aliphatic heterocycles. The zero-order chi connectivity index (χ0) is 17.8. The summed E-state index contributed by atoms with van der Waals surface area (Å²) in [5, 5.41) is 4.33. The van der Waals surface area contributed by atoms with Crippen molar-refractivity contribution >= 4 is 5.82 Å². The van der Waals surface area contributed by atoms with Crippen molar-refractivity contribution in [1.82, 2.24) is 24.7 Å². The van der Waals surface area contributed by atoms with E-state index in [-0.39, 0.29) is 0 Å². The Labute approximate surface area is 153 Å². The highest BCUT2D eigenvalue weighted by atomic mass is 15.3. The van der Waals surface area contributed by atoms with Gasteiger partial charge in [-0.05, 0) is 43.4 Å². The fourth-order valence-corrected chi connectivity index (χ4v) is 3.45. The van der Waals surface area contributed by atoms with Crippen molar-refractivity contribution in [3.8, 4) is 11.5 Å². The minimum atomic E-state index is 0.675. The van der Waals surface area contributed by atoms with Crippen LogP contribution in [0.5, 0.6) is 0 Å². The van der Waals surface area contributed by atoms with Gasteiger partial charge >= 0.3 is 0 Å². The summed E-state index contributed by atoms with van der Waals surface area (Å²) in [7, 11) is 0. The SMILES string of the molecule is CCc1cc(N2CCC(Cn3cccn3)CC2)nc(-c2ccccn2)n1. The second-order valence-corrected chi connectivity index (χ2v) is 6.77. The number of piperidine rings is 1. The van der Waals surface area contributed by atoms with E-state index in [1.807, 2.05) is 41.3 Å². The van der Waals surface area contributed by atoms with Gasteiger partial charge in [0, 0.05) is 50.0 Å². The molecule has 6 heteroatoms. The molecule has 4 rings (SSSR count). The van der Waals surface area contributed by atoms with Crippen molar-refractivity contribution in [1.29, 1.82) is 0 Å². The zero-order valence-electron chi connectivity index (χ0n) is 15.1. The number of hydrogen-bond acceptors (Lipinski definition) is 5. The molecule has 0 aliphatic carbocycles. The number of hydrogen-bond donors (Lipinski definition) is 0. The van der Waals surface area contributed by atoms with E-state index >= 15 is 0 Å². The maximum absolute atomic E-state index is 4.81. The Morgan fingerprint density at radius 1 is 1.08 bits per heavy atom. The van der Waals surface area contributed by atoms with Crippen LogP contribution < -0.4 is 4.90 Å². The van der Waals surface area contributed by atoms with Crippen molar-refractivity contribution in [2.75, 3.05) is 18.0 Å². The van der Waals surface area contributed by atoms with E-state index < -0.39 is 0 Å². The lowest BCUT2D eigenvalue weighted by molar-refractivity contribution is 0.341. The van der Waals surface area contributed by atoms with Gasteiger partial charge in [-0.2, -0.15) is 5.10 Å². The molecule has 0 amide bonds. The number of aryl methyl sites for hydroxylation is 1. The standard InChI is InChI=1S/C20H24N6/c1-2-17-14-19(24-20(23-17)18-6-3-4-9-21-18)25-12-7-16(8-13-25)15-26-11-5-10-22-26/h3-6,9-11,14,16H,2,7-8,12-13,15H2,1H3. The summed E-state index contributed by atoms with van der Waals surface area (Å²) in [5.41, 5.74) is 1.90. The molecule has 4 heterocycles. The third kappa shape index (κ3) is 3.74. The van der Waals surface area contributed by atoms with Crippen LogP contribution in [-0.2, 0) is 13.0 Å². The summed E-state index contributed by atoms with van der Waals surface area (Å²) in [6, 6.07) is 9.97. The Balaban J connectivity index is 1.49. The molecule has 0 spiro atoms. The van der Waals surface area contributed by atoms with E-state index in [1.54, 1.807) is 6.20 Å². The van der Waals surface area contributed by atoms with Crippen molar-refractivity contribution in [2.24, 2.45) is 5.92 Å². The lowest BCUT2D eigenvalue weighted by Crippen LogP contribution is -2.35. The first-order chi connectivity index (χ1) is 12.8. The summed E-state index contributed by atoms with van der Waals surface area (Å²) in [6.45, 7) is 5.18. The Hall–Kier alpha value is -2.76. The second kappa shape index (κ2) is 7.64. The number of rotatable bonds is 5. The van der Waals surface area contributed by atoms with Crippen molar-refractivity contribution < 1.29 is 0 Å². The van der Waals surface area contributed by atoms with Gasteiger partial charge in [0.2, 0.25) is 0 Å². The van der Waals surface area contributed by atoms with Gasteiger partial charge in [0.15, 0.2) is 5.82 Å². The molecular weight excluding hydrogens is 324 g/mol. The Morgan fingerprint density at radius 2 is 1.96 bits per heavy atom. The summed E-state index contributed by atoms with van der Waals surface area (Å²) in [4.78, 5) is 16.3. The first-order valence-corrected chi connectivity index (χ1v) is 9.33. The molecule has 0 bridgehead atoms. The molecule has 0 saturated carbocycles. The van der Waals surface area contributed by atoms with Gasteiger partial charge in [-0.25, -0.2) is 9.97 Å². The Kier molecular flexibility index (Phi) is 4.91. The lowest BCUT2D eigenvalue weighted by Gasteiger charge is -2.33. The summed E-state index contributed by atoms with van der Waals surface area (Å²) in [6.07, 6.45) is 8.89. The van der Waals surface area contributed by atoms with E-state index in [0.29, 0.717) is 5.92 Å². The van der Waals surface area contributed by atoms with Crippen LogP contribution in [0.4, 0.5) is 5.82 Å². The molecule has 0 N–H and O–H groups in total. The van der Waals surface area contributed by atoms with Crippen LogP contribution in [-0.4, -0.2) is 37.8 Å². The van der Waals surface area contributed by atoms with E-state index in [4.69, 9.17) is 4.98 Å². The molecule has 134 valence electrons. The topological polar surface area (TPSA) is 59.7 Å². The van der Waals surface area contributed by atoms with Gasteiger partial charge in [-0.3, -0.25) is 9.67 Å². The van der Waals surface area contributed by atoms with Crippen molar-refractivity contribution in [3.63, 3.8) is 0 Å². The van der Waals surface area contributed by atoms with Crippen LogP contribution in [0.3, 0.4) is 0 Å². The quantitative estimate of drug-likeness (QED) is 0.708. The molecule has 1 aliphatic rings. The van der Waals surface area contributed by atoms with Crippen molar-refractivity contribution in [2.45, 2.75) is 32.7 Å². The number of pyridine rings is 1. The molecule has 3 aromatic heterocycles. The van der Waals surface area contributed by atoms with Gasteiger partial charge in [0.25, 0.3) is 0 Å². The molecule has 1 saturated heterocycles. The third-order valence-corrected chi connectivity index (χ3v) is 4.96. The normalized spacial score (nSPS) is 15.3. The van der Waals surface area contributed by atoms with Crippen molar-refractivity contribution in [3.05, 3.63) is 54.6 Å². The smallest absolute Gasteiger partial charge is 0.180 e. The molecule has 0 unspecified atom stereocenters. The van der Waals surface area contributed by atoms with Gasteiger partial charge in [0.1, 0.15) is 11.5 Å². The summed E-state index contributed by atoms with van der Waals surface area (Å²) < 4.78 is 2.04. The highest BCUT2D eigenvalue weighted by molar-refractivity contribution is 5.53. The zero-order valence-corrected chi connectivity index (χ0v) is 15.1. The number of aromatic nitrogens is 5. The van der Waals surface area contributed by atoms with E-state index in [2.05, 4.69) is 33.0 Å². The van der Waals surface area contributed by atoms with E-state index in [0.717, 1.165) is 61.9 Å². The molecule has 26 heavy (non-hydrogen) atoms. The minimum absolute atomic E-state index is 0.675. The van der Waals surface area contributed by atoms with Crippen LogP contribution in [0.25, 0.3) is 11.5 Å². The predicted molar refractivity (Wildman–Crippen MR) is 102 cm³/mol. The molecule has 0 atom stereocenters. The average molecular weight is 348 g/mol. The fraction of sp³-hybridized carbons (Fsp3) is 0.400. The van der Waals surface area contributed by atoms with Crippen LogP contribution in [0.1, 0.15) is 25.5 Å². The lowest BCUT2D eigenvalue weighted by atomic mass is 9.97. The predicted octanol–water partition coefficient (Wildman–Crippen LogP) is 3.21. The van der Waals surface area contributed by atoms with Crippen LogP contribution in [0, 0.1) is 5.92 Å². The van der Waals surface area contributed by atoms with Crippen LogP contribution in [0.2, 0.25) is 0 Å². The van der Waals surface area contributed by atoms with Crippen LogP contribution >= 0.6 is 0 Å². The highest BCUT2D eigenvalue weighted by Gasteiger charge is 2.21. The van der Waals surface area contributed by atoms with Gasteiger partial charge < -0.3 is 4.90 Å². The van der Waals surface area contributed by atoms with Gasteiger partial charge in [-0.15, -0.1) is 0 Å². The molecule has 1 fully saturated rings. The van der Waals surface area contributed by atoms with Gasteiger partial charge in [0.05, 0.1) is 0 Å². The first kappa shape index (κ1) is 16.7. The third-order valence-electron chi connectivity index (χ3n) is 4.96. The molecular formula is C20H24N6. The molecule has 0 aromatic carbocycles. The first-order valence-electron chi connectivity index (χ1n) is 9.33. The second-order valence-electron chi connectivity index (χ2n) is 6.77. The van der Waals surface area contributed by atoms with Gasteiger partial charge in [-0.1, -0.05) is 13.0 Å². The monoisotopic (exact) mass is 348 g/mol. The molecule has 3 aromatic rings. The maximum atomic E-state index is 4.81. The Bertz CT molecular complexity index is 823. The Morgan fingerprint density at radius 3 is 2.65 bits per heavy atom. The maximum Gasteiger partial charge on any atom is 0.180 e. The largest absolute Gasteiger partial charge is 0.356 e. The number of anilines is 1. The molecule has 6 nitrogen and oxygen atoms in total. The number of nitrogens with zero attached hydrogens (tertiary/aromatic N) is 6. The van der Waals surface area contributed by atoms with E-state index in [1.165, 1.54) is 0 Å². The minimum Gasteiger partial charge on any atom is -0.356 e. The summed E-state index contributed by atoms with van der Waals surface area (Å²) in [5.74, 6) is 2.42. The average Bonchev–Trinajstić information content (AvgIpc) is 3.22. The highest BCUT2D eigenvalue weighted by Crippen LogP contribution is 2.25. The molecule has 0 radical (unpaired) electrons. The fourth-order valence-electron chi connectivity index (χ4n) is 3.45.